The lowest BCUT2D eigenvalue weighted by Crippen LogP contribution is -2.36. The second kappa shape index (κ2) is 8.21. The molecule has 0 saturated heterocycles. The first-order chi connectivity index (χ1) is 12.0. The Morgan fingerprint density at radius 1 is 0.769 bits per heavy atom. The minimum atomic E-state index is -4.05. The molecule has 2 rings (SSSR count). The summed E-state index contributed by atoms with van der Waals surface area (Å²) in [4.78, 5) is 0. The van der Waals surface area contributed by atoms with Gasteiger partial charge in [0.15, 0.2) is 0 Å². The molecule has 26 heavy (non-hydrogen) atoms. The molecule has 0 heterocycles. The number of hydrogen-bond acceptors (Lipinski definition) is 2. The Kier molecular flexibility index (Phi) is 6.65. The van der Waals surface area contributed by atoms with Gasteiger partial charge in [0.1, 0.15) is 0 Å². The van der Waals surface area contributed by atoms with Crippen molar-refractivity contribution in [3.8, 4) is 0 Å². The van der Waals surface area contributed by atoms with Crippen LogP contribution in [0.2, 0.25) is 0 Å². The van der Waals surface area contributed by atoms with E-state index in [9.17, 15) is 13.0 Å². The zero-order chi connectivity index (χ0) is 19.4. The Bertz CT molecular complexity index is 746. The van der Waals surface area contributed by atoms with Crippen LogP contribution in [0.3, 0.4) is 0 Å². The number of rotatable bonds is 8. The van der Waals surface area contributed by atoms with E-state index < -0.39 is 18.0 Å². The molecule has 0 saturated carbocycles. The number of hydrogen-bond donors (Lipinski definition) is 1. The zero-order valence-corrected chi connectivity index (χ0v) is 17.7. The molecule has 2 aromatic carbocycles. The summed E-state index contributed by atoms with van der Waals surface area (Å²) in [6.07, 6.45) is 1.57. The summed E-state index contributed by atoms with van der Waals surface area (Å²) < 4.78 is 33.3. The van der Waals surface area contributed by atoms with Gasteiger partial charge in [0.25, 0.3) is 10.1 Å². The van der Waals surface area contributed by atoms with Crippen molar-refractivity contribution >= 4 is 18.0 Å². The van der Waals surface area contributed by atoms with Crippen molar-refractivity contribution in [2.45, 2.75) is 50.8 Å². The predicted molar refractivity (Wildman–Crippen MR) is 112 cm³/mol. The largest absolute Gasteiger partial charge is 0.285 e. The van der Waals surface area contributed by atoms with E-state index >= 15 is 0 Å². The maximum atomic E-state index is 11.8. The molecule has 2 aromatic rings. The van der Waals surface area contributed by atoms with Crippen LogP contribution in [-0.4, -0.2) is 28.8 Å². The normalized spacial score (nSPS) is 13.2. The molecule has 0 fully saturated rings. The van der Waals surface area contributed by atoms with E-state index in [4.69, 9.17) is 0 Å². The molecular formula is C21H29O3PS. The molecular weight excluding hydrogens is 363 g/mol. The summed E-state index contributed by atoms with van der Waals surface area (Å²) in [5.74, 6) is 0. The van der Waals surface area contributed by atoms with Crippen LogP contribution in [-0.2, 0) is 23.0 Å². The number of benzene rings is 2. The van der Waals surface area contributed by atoms with Crippen LogP contribution in [0.4, 0.5) is 0 Å². The fourth-order valence-electron chi connectivity index (χ4n) is 3.71. The van der Waals surface area contributed by atoms with Crippen LogP contribution < -0.4 is 0 Å². The maximum absolute atomic E-state index is 11.8. The van der Waals surface area contributed by atoms with Crippen molar-refractivity contribution in [1.29, 1.82) is 0 Å². The smallest absolute Gasteiger partial charge is 0.268 e. The van der Waals surface area contributed by atoms with E-state index in [-0.39, 0.29) is 15.8 Å². The van der Waals surface area contributed by atoms with Crippen LogP contribution in [0.5, 0.6) is 0 Å². The average Bonchev–Trinajstić information content (AvgIpc) is 2.53. The Hall–Kier alpha value is -1.22. The summed E-state index contributed by atoms with van der Waals surface area (Å²) in [5, 5.41) is -0.463. The first-order valence-corrected chi connectivity index (χ1v) is 11.9. The highest BCUT2D eigenvalue weighted by Gasteiger charge is 2.42. The molecule has 0 bridgehead atoms. The highest BCUT2D eigenvalue weighted by Crippen LogP contribution is 2.62. The van der Waals surface area contributed by atoms with Gasteiger partial charge in [-0.05, 0) is 34.3 Å². The van der Waals surface area contributed by atoms with Gasteiger partial charge in [-0.3, -0.25) is 4.55 Å². The zero-order valence-electron chi connectivity index (χ0n) is 16.0. The lowest BCUT2D eigenvalue weighted by Gasteiger charge is -2.45. The third-order valence-electron chi connectivity index (χ3n) is 4.71. The Labute approximate surface area is 159 Å². The molecule has 142 valence electrons. The van der Waals surface area contributed by atoms with Gasteiger partial charge in [-0.25, -0.2) is 0 Å². The van der Waals surface area contributed by atoms with E-state index in [1.807, 2.05) is 36.4 Å². The molecule has 1 N–H and O–H groups in total. The first kappa shape index (κ1) is 21.1. The summed E-state index contributed by atoms with van der Waals surface area (Å²) in [5.41, 5.74) is 2.22. The van der Waals surface area contributed by atoms with Gasteiger partial charge in [0, 0.05) is 0 Å². The van der Waals surface area contributed by atoms with Gasteiger partial charge in [-0.1, -0.05) is 96.3 Å². The first-order valence-electron chi connectivity index (χ1n) is 8.80. The standard InChI is InChI=1S/C21H29O3PS/c1-20(2,15-18-11-7-5-8-12-18)25(17-26(22,23)24)21(3,4)16-19-13-9-6-10-14-19/h5-14H,15-17H2,1-4H3,(H,22,23,24). The fourth-order valence-corrected chi connectivity index (χ4v) is 10.2. The molecule has 0 aliphatic heterocycles. The van der Waals surface area contributed by atoms with Gasteiger partial charge in [0.2, 0.25) is 0 Å². The summed E-state index contributed by atoms with van der Waals surface area (Å²) in [6, 6.07) is 20.3. The van der Waals surface area contributed by atoms with Crippen LogP contribution in [0, 0.1) is 0 Å². The Morgan fingerprint density at radius 2 is 1.12 bits per heavy atom. The Balaban J connectivity index is 2.34. The van der Waals surface area contributed by atoms with Gasteiger partial charge in [-0.2, -0.15) is 8.42 Å². The molecule has 0 aliphatic carbocycles. The molecule has 0 unspecified atom stereocenters. The van der Waals surface area contributed by atoms with Gasteiger partial charge < -0.3 is 0 Å². The second-order valence-electron chi connectivity index (χ2n) is 8.09. The van der Waals surface area contributed by atoms with Crippen molar-refractivity contribution in [2.24, 2.45) is 0 Å². The van der Waals surface area contributed by atoms with Gasteiger partial charge >= 0.3 is 0 Å². The molecule has 0 spiro atoms. The van der Waals surface area contributed by atoms with Crippen molar-refractivity contribution in [3.63, 3.8) is 0 Å². The predicted octanol–water partition coefficient (Wildman–Crippen LogP) is 5.36. The lowest BCUT2D eigenvalue weighted by atomic mass is 10.0. The van der Waals surface area contributed by atoms with Crippen molar-refractivity contribution in [1.82, 2.24) is 0 Å². The van der Waals surface area contributed by atoms with Crippen molar-refractivity contribution < 1.29 is 13.0 Å². The second-order valence-corrected chi connectivity index (χ2v) is 13.6. The summed E-state index contributed by atoms with van der Waals surface area (Å²) in [7, 11) is -5.07. The van der Waals surface area contributed by atoms with E-state index in [0.717, 1.165) is 12.8 Å². The van der Waals surface area contributed by atoms with E-state index in [2.05, 4.69) is 52.0 Å². The molecule has 0 aliphatic rings. The van der Waals surface area contributed by atoms with Gasteiger partial charge in [0.05, 0.1) is 5.49 Å². The Morgan fingerprint density at radius 3 is 1.42 bits per heavy atom. The topological polar surface area (TPSA) is 54.4 Å². The van der Waals surface area contributed by atoms with Crippen LogP contribution in [0.15, 0.2) is 60.7 Å². The maximum Gasteiger partial charge on any atom is 0.268 e. The van der Waals surface area contributed by atoms with Crippen LogP contribution >= 0.6 is 7.92 Å². The van der Waals surface area contributed by atoms with Crippen molar-refractivity contribution in [3.05, 3.63) is 71.8 Å². The summed E-state index contributed by atoms with van der Waals surface area (Å²) >= 11 is 0. The SMILES string of the molecule is CC(C)(Cc1ccccc1)P(CS(=O)(=O)O)C(C)(C)Cc1ccccc1. The minimum Gasteiger partial charge on any atom is -0.285 e. The van der Waals surface area contributed by atoms with Crippen LogP contribution in [0.25, 0.3) is 0 Å². The molecule has 0 aromatic heterocycles. The van der Waals surface area contributed by atoms with Crippen LogP contribution in [0.1, 0.15) is 38.8 Å². The lowest BCUT2D eigenvalue weighted by molar-refractivity contribution is 0.487. The third-order valence-corrected chi connectivity index (χ3v) is 10.3. The van der Waals surface area contributed by atoms with E-state index in [1.54, 1.807) is 0 Å². The molecule has 0 radical (unpaired) electrons. The monoisotopic (exact) mass is 392 g/mol. The van der Waals surface area contributed by atoms with E-state index in [0.29, 0.717) is 0 Å². The fraction of sp³-hybridized carbons (Fsp3) is 0.429. The van der Waals surface area contributed by atoms with E-state index in [1.165, 1.54) is 11.1 Å². The quantitative estimate of drug-likeness (QED) is 0.486. The van der Waals surface area contributed by atoms with Crippen molar-refractivity contribution in [2.75, 3.05) is 5.49 Å². The molecule has 3 nitrogen and oxygen atoms in total. The van der Waals surface area contributed by atoms with Gasteiger partial charge in [-0.15, -0.1) is 0 Å². The highest BCUT2D eigenvalue weighted by molar-refractivity contribution is 7.94. The summed E-state index contributed by atoms with van der Waals surface area (Å²) in [6.45, 7) is 8.51. The highest BCUT2D eigenvalue weighted by atomic mass is 32.2. The minimum absolute atomic E-state index is 0.165. The molecule has 0 atom stereocenters. The molecule has 5 heteroatoms. The average molecular weight is 393 g/mol. The molecule has 0 amide bonds. The third kappa shape index (κ3) is 6.19.